The van der Waals surface area contributed by atoms with Crippen molar-refractivity contribution in [1.82, 2.24) is 19.9 Å². The van der Waals surface area contributed by atoms with Crippen molar-refractivity contribution in [1.29, 1.82) is 0 Å². The van der Waals surface area contributed by atoms with E-state index in [9.17, 15) is 19.2 Å². The molecular weight excluding hydrogens is 1090 g/mol. The molecule has 0 fully saturated rings. The zero-order chi connectivity index (χ0) is 64.3. The highest BCUT2D eigenvalue weighted by Gasteiger charge is 2.29. The molecule has 8 N–H and O–H groups in total. The van der Waals surface area contributed by atoms with Gasteiger partial charge >= 0.3 is 0 Å². The van der Waals surface area contributed by atoms with Crippen molar-refractivity contribution in [2.24, 2.45) is 23.7 Å². The van der Waals surface area contributed by atoms with Crippen molar-refractivity contribution in [3.63, 3.8) is 0 Å². The number of aromatic amines is 4. The number of hydrogen-bond donors (Lipinski definition) is 8. The fraction of sp³-hybridized carbons (Fsp3) is 0.368. The number of H-pyrrole nitrogens is 4. The molecule has 0 saturated carbocycles. The number of nitrogens with one attached hydrogen (secondary N) is 8. The summed E-state index contributed by atoms with van der Waals surface area (Å²) < 4.78 is 0. The van der Waals surface area contributed by atoms with Crippen LogP contribution in [0.25, 0.3) is 22.3 Å². The van der Waals surface area contributed by atoms with Crippen LogP contribution in [0.15, 0.2) is 121 Å². The van der Waals surface area contributed by atoms with Crippen molar-refractivity contribution in [2.45, 2.75) is 160 Å². The molecule has 4 amide bonds. The van der Waals surface area contributed by atoms with E-state index >= 15 is 0 Å². The second-order valence-electron chi connectivity index (χ2n) is 29.3. The summed E-state index contributed by atoms with van der Waals surface area (Å²) in [5.41, 5.74) is 15.3. The summed E-state index contributed by atoms with van der Waals surface area (Å²) in [5.74, 6) is -2.06. The topological polar surface area (TPSA) is 180 Å². The van der Waals surface area contributed by atoms with Gasteiger partial charge in [-0.3, -0.25) is 19.2 Å². The Kier molecular flexibility index (Phi) is 17.5. The molecule has 9 rings (SSSR count). The number of benzene rings is 4. The largest absolute Gasteiger partial charge is 0.354 e. The Hall–Kier alpha value is -8.64. The van der Waals surface area contributed by atoms with Gasteiger partial charge in [0.25, 0.3) is 0 Å². The highest BCUT2D eigenvalue weighted by Crippen LogP contribution is 2.40. The molecule has 1 aliphatic rings. The van der Waals surface area contributed by atoms with Gasteiger partial charge in [0.1, 0.15) is 0 Å². The molecule has 12 heteroatoms. The Morgan fingerprint density at radius 3 is 0.761 bits per heavy atom. The molecule has 0 atom stereocenters. The van der Waals surface area contributed by atoms with E-state index in [2.05, 4.69) is 209 Å². The van der Waals surface area contributed by atoms with Crippen LogP contribution in [0.2, 0.25) is 0 Å². The van der Waals surface area contributed by atoms with Gasteiger partial charge in [-0.1, -0.05) is 187 Å². The Morgan fingerprint density at radius 2 is 0.534 bits per heavy atom. The maximum atomic E-state index is 14.0. The van der Waals surface area contributed by atoms with Gasteiger partial charge in [-0.05, 0) is 128 Å². The van der Waals surface area contributed by atoms with E-state index in [1.807, 2.05) is 91.8 Å². The first kappa shape index (κ1) is 63.9. The van der Waals surface area contributed by atoms with Crippen LogP contribution < -0.4 is 42.7 Å². The molecule has 88 heavy (non-hydrogen) atoms. The second kappa shape index (κ2) is 24.1. The van der Waals surface area contributed by atoms with E-state index in [-0.39, 0.29) is 69.0 Å². The van der Waals surface area contributed by atoms with Gasteiger partial charge < -0.3 is 41.2 Å². The molecular formula is C76H92N8O4. The number of carbonyl (C=O) groups excluding carboxylic acids is 4. The maximum absolute atomic E-state index is 14.0. The average molecular weight is 1180 g/mol. The third-order valence-electron chi connectivity index (χ3n) is 16.6. The lowest BCUT2D eigenvalue weighted by molar-refractivity contribution is -0.119. The predicted octanol–water partition coefficient (Wildman–Crippen LogP) is 13.9. The number of hydrogen-bond acceptors (Lipinski definition) is 4. The minimum atomic E-state index is -0.345. The number of fused-ring (bicyclic) bond motifs is 8. The van der Waals surface area contributed by atoms with Crippen molar-refractivity contribution in [2.75, 3.05) is 21.3 Å². The average Bonchev–Trinajstić information content (AvgIpc) is 4.20. The normalized spacial score (nSPS) is 13.3. The third kappa shape index (κ3) is 13.4. The monoisotopic (exact) mass is 1180 g/mol. The van der Waals surface area contributed by atoms with E-state index in [1.165, 1.54) is 22.3 Å². The Labute approximate surface area is 520 Å². The molecule has 8 aromatic rings. The molecule has 0 unspecified atom stereocenters. The quantitative estimate of drug-likeness (QED) is 0.0607. The fourth-order valence-electron chi connectivity index (χ4n) is 10.9. The van der Waals surface area contributed by atoms with Crippen LogP contribution in [0.1, 0.15) is 206 Å². The van der Waals surface area contributed by atoms with E-state index in [0.29, 0.717) is 45.0 Å². The van der Waals surface area contributed by atoms with Crippen molar-refractivity contribution in [3.8, 4) is 0 Å². The van der Waals surface area contributed by atoms with Gasteiger partial charge in [-0.2, -0.15) is 0 Å². The fourth-order valence-corrected chi connectivity index (χ4v) is 10.9. The summed E-state index contributed by atoms with van der Waals surface area (Å²) in [5, 5.41) is 16.1. The molecule has 4 aromatic carbocycles. The number of rotatable bonds is 12. The van der Waals surface area contributed by atoms with E-state index in [0.717, 1.165) is 66.4 Å². The van der Waals surface area contributed by atoms with Gasteiger partial charge in [0.15, 0.2) is 0 Å². The SMILES string of the molecule is CC(C)C(=O)Nc1cccc(NC(=O)C(C)C)c1C1=c2ccc([nH]2)=C(c2cc(C(C)(C)C)cc(C(C)(C)C)c2)c2ccc([nH]2)C(c2c(NC(=O)C(C)C)cccc2NC(=O)C(C)C)=c2ccc([nH]2)=C(c2cc(C(C)(C)C)cc(C(C)(C)C)c2)c2ccc1[nH]2. The molecule has 8 bridgehead atoms. The molecule has 0 saturated heterocycles. The second-order valence-corrected chi connectivity index (χ2v) is 29.3. The summed E-state index contributed by atoms with van der Waals surface area (Å²) >= 11 is 0. The molecule has 5 heterocycles. The highest BCUT2D eigenvalue weighted by molar-refractivity contribution is 6.05. The van der Waals surface area contributed by atoms with Crippen molar-refractivity contribution >= 4 is 68.7 Å². The molecule has 0 aliphatic carbocycles. The molecule has 1 aliphatic heterocycles. The van der Waals surface area contributed by atoms with Crippen molar-refractivity contribution < 1.29 is 19.2 Å². The van der Waals surface area contributed by atoms with Crippen LogP contribution >= 0.6 is 0 Å². The summed E-state index contributed by atoms with van der Waals surface area (Å²) in [4.78, 5) is 72.0. The summed E-state index contributed by atoms with van der Waals surface area (Å²) in [6.45, 7) is 41.8. The lowest BCUT2D eigenvalue weighted by Crippen LogP contribution is -2.24. The zero-order valence-electron chi connectivity index (χ0n) is 55.5. The van der Waals surface area contributed by atoms with Crippen LogP contribution in [0.3, 0.4) is 0 Å². The first-order valence-electron chi connectivity index (χ1n) is 31.2. The summed E-state index contributed by atoms with van der Waals surface area (Å²) in [6.07, 6.45) is 0. The predicted molar refractivity (Wildman–Crippen MR) is 363 cm³/mol. The third-order valence-corrected chi connectivity index (χ3v) is 16.6. The number of carbonyl (C=O) groups is 4. The lowest BCUT2D eigenvalue weighted by Gasteiger charge is -2.26. The van der Waals surface area contributed by atoms with Crippen LogP contribution in [0, 0.1) is 23.7 Å². The highest BCUT2D eigenvalue weighted by atomic mass is 16.2. The molecule has 0 spiro atoms. The Morgan fingerprint density at radius 1 is 0.307 bits per heavy atom. The Balaban J connectivity index is 1.55. The van der Waals surface area contributed by atoms with E-state index in [4.69, 9.17) is 0 Å². The number of amides is 4. The van der Waals surface area contributed by atoms with E-state index in [1.54, 1.807) is 0 Å². The van der Waals surface area contributed by atoms with Crippen LogP contribution in [0.5, 0.6) is 0 Å². The smallest absolute Gasteiger partial charge is 0.226 e. The van der Waals surface area contributed by atoms with Gasteiger partial charge in [0, 0.05) is 101 Å². The zero-order valence-corrected chi connectivity index (χ0v) is 55.5. The van der Waals surface area contributed by atoms with E-state index < -0.39 is 0 Å². The van der Waals surface area contributed by atoms with Crippen LogP contribution in [-0.4, -0.2) is 43.6 Å². The van der Waals surface area contributed by atoms with Gasteiger partial charge in [-0.25, -0.2) is 0 Å². The van der Waals surface area contributed by atoms with Crippen molar-refractivity contribution in [3.05, 3.63) is 210 Å². The van der Waals surface area contributed by atoms with Crippen LogP contribution in [0.4, 0.5) is 22.7 Å². The van der Waals surface area contributed by atoms with Crippen LogP contribution in [-0.2, 0) is 40.8 Å². The number of anilines is 4. The lowest BCUT2D eigenvalue weighted by atomic mass is 9.78. The maximum Gasteiger partial charge on any atom is 0.226 e. The summed E-state index contributed by atoms with van der Waals surface area (Å²) in [6, 6.07) is 41.9. The summed E-state index contributed by atoms with van der Waals surface area (Å²) in [7, 11) is 0. The van der Waals surface area contributed by atoms with Gasteiger partial charge in [0.05, 0.1) is 22.7 Å². The molecule has 4 aromatic heterocycles. The Bertz CT molecular complexity index is 3870. The minimum absolute atomic E-state index is 0.171. The van der Waals surface area contributed by atoms with Gasteiger partial charge in [-0.15, -0.1) is 0 Å². The van der Waals surface area contributed by atoms with Gasteiger partial charge in [0.2, 0.25) is 23.6 Å². The minimum Gasteiger partial charge on any atom is -0.354 e. The standard InChI is InChI=1S/C76H92N8O4/c1-41(2)69(85)81-51-23-21-24-52(82-70(86)42(3)4)65(51)67-59-31-27-55(77-59)63(45-35-47(73(9,10)11)39-48(36-45)74(12,13)14)57-29-33-61(79-57)68(66-53(83-71(87)43(5)6)25-22-26-54(66)84-72(88)44(7)8)62-34-30-58(80-62)64(56-28-32-60(67)78-56)46-37-49(75(15,16)17)40-50(38-46)76(18,19)20/h21-44,77-80H,1-20H3,(H,81,85)(H,82,86)(H,83,87)(H,84,88). The first-order chi connectivity index (χ1) is 41.1. The molecule has 460 valence electrons. The molecule has 12 nitrogen and oxygen atoms in total. The number of aromatic nitrogens is 4. The molecule has 0 radical (unpaired) electrons. The first-order valence-corrected chi connectivity index (χ1v) is 31.2.